The third kappa shape index (κ3) is 1.95. The normalized spacial score (nSPS) is 19.9. The standard InChI is InChI=1S/C15H22O/c1-4-11-6-5-7-12-8-13(16)9-14(10(2)3)15(11)12/h8-11,16H,4-7H2,1-3H3/t11-/m1/s1. The van der Waals surface area contributed by atoms with Gasteiger partial charge in [-0.05, 0) is 66.3 Å². The van der Waals surface area contributed by atoms with Crippen molar-refractivity contribution in [1.82, 2.24) is 0 Å². The number of phenolic OH excluding ortho intramolecular Hbond substituents is 1. The lowest BCUT2D eigenvalue weighted by atomic mass is 9.76. The molecule has 0 amide bonds. The second kappa shape index (κ2) is 4.48. The molecule has 1 aromatic rings. The van der Waals surface area contributed by atoms with E-state index in [4.69, 9.17) is 0 Å². The topological polar surface area (TPSA) is 20.2 Å². The first-order valence-corrected chi connectivity index (χ1v) is 6.49. The van der Waals surface area contributed by atoms with E-state index in [2.05, 4.69) is 20.8 Å². The molecular weight excluding hydrogens is 196 g/mol. The fourth-order valence-corrected chi connectivity index (χ4v) is 2.99. The summed E-state index contributed by atoms with van der Waals surface area (Å²) >= 11 is 0. The van der Waals surface area contributed by atoms with Gasteiger partial charge in [-0.25, -0.2) is 0 Å². The van der Waals surface area contributed by atoms with Crippen molar-refractivity contribution in [2.75, 3.05) is 0 Å². The van der Waals surface area contributed by atoms with Crippen LogP contribution in [0.25, 0.3) is 0 Å². The van der Waals surface area contributed by atoms with Crippen molar-refractivity contribution < 1.29 is 5.11 Å². The van der Waals surface area contributed by atoms with Crippen LogP contribution in [0.1, 0.15) is 68.6 Å². The van der Waals surface area contributed by atoms with Crippen molar-refractivity contribution in [2.24, 2.45) is 0 Å². The largest absolute Gasteiger partial charge is 0.508 e. The van der Waals surface area contributed by atoms with Gasteiger partial charge < -0.3 is 5.11 Å². The molecule has 0 unspecified atom stereocenters. The minimum atomic E-state index is 0.444. The summed E-state index contributed by atoms with van der Waals surface area (Å²) < 4.78 is 0. The Kier molecular flexibility index (Phi) is 3.22. The number of hydrogen-bond donors (Lipinski definition) is 1. The molecule has 0 saturated carbocycles. The molecule has 1 N–H and O–H groups in total. The van der Waals surface area contributed by atoms with E-state index in [-0.39, 0.29) is 0 Å². The number of phenols is 1. The molecule has 0 spiro atoms. The van der Waals surface area contributed by atoms with E-state index in [9.17, 15) is 5.11 Å². The van der Waals surface area contributed by atoms with Crippen LogP contribution >= 0.6 is 0 Å². The van der Waals surface area contributed by atoms with E-state index < -0.39 is 0 Å². The molecule has 1 nitrogen and oxygen atoms in total. The van der Waals surface area contributed by atoms with Gasteiger partial charge in [0.15, 0.2) is 0 Å². The van der Waals surface area contributed by atoms with Gasteiger partial charge >= 0.3 is 0 Å². The molecule has 1 aliphatic rings. The van der Waals surface area contributed by atoms with Crippen LogP contribution in [0.5, 0.6) is 5.75 Å². The van der Waals surface area contributed by atoms with Gasteiger partial charge in [0, 0.05) is 0 Å². The van der Waals surface area contributed by atoms with Crippen molar-refractivity contribution in [1.29, 1.82) is 0 Å². The molecule has 0 heterocycles. The van der Waals surface area contributed by atoms with Crippen molar-refractivity contribution in [3.05, 3.63) is 28.8 Å². The molecule has 0 saturated heterocycles. The Balaban J connectivity index is 2.56. The van der Waals surface area contributed by atoms with Gasteiger partial charge in [0.25, 0.3) is 0 Å². The number of hydrogen-bond acceptors (Lipinski definition) is 1. The molecule has 1 atom stereocenters. The Morgan fingerprint density at radius 2 is 2.12 bits per heavy atom. The van der Waals surface area contributed by atoms with Crippen LogP contribution < -0.4 is 0 Å². The molecule has 0 aromatic heterocycles. The number of fused-ring (bicyclic) bond motifs is 1. The molecule has 0 aliphatic heterocycles. The van der Waals surface area contributed by atoms with Gasteiger partial charge in [0.1, 0.15) is 5.75 Å². The summed E-state index contributed by atoms with van der Waals surface area (Å²) in [6.45, 7) is 6.71. The summed E-state index contributed by atoms with van der Waals surface area (Å²) in [5.41, 5.74) is 4.30. The summed E-state index contributed by atoms with van der Waals surface area (Å²) in [5.74, 6) is 1.66. The summed E-state index contributed by atoms with van der Waals surface area (Å²) in [6, 6.07) is 3.94. The van der Waals surface area contributed by atoms with Crippen LogP contribution in [0, 0.1) is 0 Å². The van der Waals surface area contributed by atoms with Crippen molar-refractivity contribution in [2.45, 2.75) is 58.3 Å². The SMILES string of the molecule is CC[C@@H]1CCCc2cc(O)cc(C(C)C)c21. The van der Waals surface area contributed by atoms with Gasteiger partial charge in [-0.2, -0.15) is 0 Å². The van der Waals surface area contributed by atoms with Crippen LogP contribution in [-0.2, 0) is 6.42 Å². The lowest BCUT2D eigenvalue weighted by molar-refractivity contribution is 0.467. The molecule has 0 bridgehead atoms. The van der Waals surface area contributed by atoms with Gasteiger partial charge in [-0.15, -0.1) is 0 Å². The minimum Gasteiger partial charge on any atom is -0.508 e. The number of benzene rings is 1. The average molecular weight is 218 g/mol. The summed E-state index contributed by atoms with van der Waals surface area (Å²) in [4.78, 5) is 0. The predicted molar refractivity (Wildman–Crippen MR) is 68.2 cm³/mol. The highest BCUT2D eigenvalue weighted by Crippen LogP contribution is 2.40. The zero-order chi connectivity index (χ0) is 11.7. The number of aryl methyl sites for hydroxylation is 1. The van der Waals surface area contributed by atoms with E-state index in [1.165, 1.54) is 30.4 Å². The number of aromatic hydroxyl groups is 1. The van der Waals surface area contributed by atoms with E-state index in [1.807, 2.05) is 12.1 Å². The van der Waals surface area contributed by atoms with Crippen LogP contribution in [0.3, 0.4) is 0 Å². The van der Waals surface area contributed by atoms with E-state index in [0.29, 0.717) is 17.6 Å². The second-order valence-corrected chi connectivity index (χ2v) is 5.26. The first kappa shape index (κ1) is 11.5. The van der Waals surface area contributed by atoms with Crippen LogP contribution in [0.15, 0.2) is 12.1 Å². The molecular formula is C15H22O. The lowest BCUT2D eigenvalue weighted by Crippen LogP contribution is -2.13. The second-order valence-electron chi connectivity index (χ2n) is 5.26. The highest BCUT2D eigenvalue weighted by atomic mass is 16.3. The molecule has 88 valence electrons. The molecule has 2 rings (SSSR count). The average Bonchev–Trinajstić information content (AvgIpc) is 2.26. The molecule has 16 heavy (non-hydrogen) atoms. The predicted octanol–water partition coefficient (Wildman–Crippen LogP) is 4.35. The Bertz CT molecular complexity index is 379. The quantitative estimate of drug-likeness (QED) is 0.782. The Morgan fingerprint density at radius 1 is 1.38 bits per heavy atom. The lowest BCUT2D eigenvalue weighted by Gasteiger charge is -2.29. The monoisotopic (exact) mass is 218 g/mol. The summed E-state index contributed by atoms with van der Waals surface area (Å²) in [6.07, 6.45) is 4.94. The number of rotatable bonds is 2. The van der Waals surface area contributed by atoms with Gasteiger partial charge in [-0.1, -0.05) is 20.8 Å². The third-order valence-corrected chi connectivity index (χ3v) is 3.80. The first-order valence-electron chi connectivity index (χ1n) is 6.49. The van der Waals surface area contributed by atoms with Crippen molar-refractivity contribution in [3.8, 4) is 5.75 Å². The fraction of sp³-hybridized carbons (Fsp3) is 0.600. The maximum absolute atomic E-state index is 9.78. The smallest absolute Gasteiger partial charge is 0.116 e. The zero-order valence-electron chi connectivity index (χ0n) is 10.6. The molecule has 1 aliphatic carbocycles. The van der Waals surface area contributed by atoms with Crippen LogP contribution in [0.4, 0.5) is 0 Å². The van der Waals surface area contributed by atoms with E-state index in [0.717, 1.165) is 6.42 Å². The van der Waals surface area contributed by atoms with E-state index >= 15 is 0 Å². The summed E-state index contributed by atoms with van der Waals surface area (Å²) in [5, 5.41) is 9.78. The Morgan fingerprint density at radius 3 is 2.75 bits per heavy atom. The van der Waals surface area contributed by atoms with Crippen LogP contribution in [-0.4, -0.2) is 5.11 Å². The maximum atomic E-state index is 9.78. The minimum absolute atomic E-state index is 0.444. The maximum Gasteiger partial charge on any atom is 0.116 e. The molecule has 0 fully saturated rings. The molecule has 1 heteroatoms. The van der Waals surface area contributed by atoms with Gasteiger partial charge in [-0.3, -0.25) is 0 Å². The summed E-state index contributed by atoms with van der Waals surface area (Å²) in [7, 11) is 0. The molecule has 0 radical (unpaired) electrons. The highest BCUT2D eigenvalue weighted by molar-refractivity contribution is 5.46. The van der Waals surface area contributed by atoms with Crippen molar-refractivity contribution in [3.63, 3.8) is 0 Å². The Hall–Kier alpha value is -0.980. The molecule has 1 aromatic carbocycles. The third-order valence-electron chi connectivity index (χ3n) is 3.80. The van der Waals surface area contributed by atoms with Gasteiger partial charge in [0.05, 0.1) is 0 Å². The Labute approximate surface area is 98.5 Å². The van der Waals surface area contributed by atoms with Crippen molar-refractivity contribution >= 4 is 0 Å². The van der Waals surface area contributed by atoms with Gasteiger partial charge in [0.2, 0.25) is 0 Å². The highest BCUT2D eigenvalue weighted by Gasteiger charge is 2.23. The fourth-order valence-electron chi connectivity index (χ4n) is 2.99. The first-order chi connectivity index (χ1) is 7.63. The van der Waals surface area contributed by atoms with Crippen LogP contribution in [0.2, 0.25) is 0 Å². The van der Waals surface area contributed by atoms with E-state index in [1.54, 1.807) is 5.56 Å². The zero-order valence-corrected chi connectivity index (χ0v) is 10.6.